The Morgan fingerprint density at radius 3 is 2.23 bits per heavy atom. The van der Waals surface area contributed by atoms with Gasteiger partial charge in [-0.25, -0.2) is 8.42 Å². The summed E-state index contributed by atoms with van der Waals surface area (Å²) < 4.78 is 27.5. The summed E-state index contributed by atoms with van der Waals surface area (Å²) in [5.41, 5.74) is 2.97. The van der Waals surface area contributed by atoms with Gasteiger partial charge in [-0.3, -0.25) is 9.69 Å². The number of sulfonamides is 1. The first-order chi connectivity index (χ1) is 14.8. The van der Waals surface area contributed by atoms with E-state index in [2.05, 4.69) is 17.4 Å². The lowest BCUT2D eigenvalue weighted by molar-refractivity contribution is -0.125. The Balaban J connectivity index is 1.34. The van der Waals surface area contributed by atoms with Crippen LogP contribution in [0, 0.1) is 13.8 Å². The third kappa shape index (κ3) is 4.54. The number of hydrogen-bond donors (Lipinski definition) is 1. The van der Waals surface area contributed by atoms with Crippen molar-refractivity contribution >= 4 is 15.9 Å². The maximum Gasteiger partial charge on any atom is 0.243 e. The van der Waals surface area contributed by atoms with Gasteiger partial charge in [0.1, 0.15) is 0 Å². The van der Waals surface area contributed by atoms with E-state index in [9.17, 15) is 13.2 Å². The summed E-state index contributed by atoms with van der Waals surface area (Å²) in [4.78, 5) is 15.2. The summed E-state index contributed by atoms with van der Waals surface area (Å²) in [6.45, 7) is 6.09. The van der Waals surface area contributed by atoms with Crippen molar-refractivity contribution in [2.24, 2.45) is 0 Å². The standard InChI is InChI=1S/C24H31N3O3S/c1-19-9-10-22(17-20(19)2)31(29,30)27-15-13-26(14-16-27)18-23(28)25-24(11-6-12-24)21-7-4-3-5-8-21/h3-5,7-10,17H,6,11-16,18H2,1-2H3,(H,25,28). The van der Waals surface area contributed by atoms with Crippen molar-refractivity contribution in [3.63, 3.8) is 0 Å². The van der Waals surface area contributed by atoms with E-state index in [0.717, 1.165) is 30.4 Å². The van der Waals surface area contributed by atoms with E-state index in [1.165, 1.54) is 9.87 Å². The summed E-state index contributed by atoms with van der Waals surface area (Å²) in [7, 11) is -3.51. The van der Waals surface area contributed by atoms with Gasteiger partial charge in [0.25, 0.3) is 0 Å². The molecular weight excluding hydrogens is 410 g/mol. The molecule has 1 aliphatic heterocycles. The van der Waals surface area contributed by atoms with Gasteiger partial charge in [0.15, 0.2) is 0 Å². The molecule has 0 bridgehead atoms. The first-order valence-corrected chi connectivity index (χ1v) is 12.4. The molecule has 2 fully saturated rings. The fourth-order valence-electron chi connectivity index (χ4n) is 4.43. The number of benzene rings is 2. The van der Waals surface area contributed by atoms with Crippen molar-refractivity contribution in [3.05, 3.63) is 65.2 Å². The van der Waals surface area contributed by atoms with Crippen molar-refractivity contribution in [1.82, 2.24) is 14.5 Å². The fraction of sp³-hybridized carbons (Fsp3) is 0.458. The van der Waals surface area contributed by atoms with Gasteiger partial charge in [0, 0.05) is 26.2 Å². The number of rotatable bonds is 6. The molecule has 0 unspecified atom stereocenters. The molecule has 1 amide bonds. The lowest BCUT2D eigenvalue weighted by atomic mass is 9.72. The molecule has 0 radical (unpaired) electrons. The molecule has 4 rings (SSSR count). The second kappa shape index (κ2) is 8.73. The zero-order valence-corrected chi connectivity index (χ0v) is 19.1. The van der Waals surface area contributed by atoms with Gasteiger partial charge in [-0.15, -0.1) is 0 Å². The molecule has 0 spiro atoms. The molecule has 1 N–H and O–H groups in total. The summed E-state index contributed by atoms with van der Waals surface area (Å²) in [6, 6.07) is 15.4. The first kappa shape index (κ1) is 22.0. The van der Waals surface area contributed by atoms with E-state index in [4.69, 9.17) is 0 Å². The Hall–Kier alpha value is -2.22. The Bertz CT molecular complexity index is 1040. The molecule has 2 aromatic rings. The predicted octanol–water partition coefficient (Wildman–Crippen LogP) is 2.81. The minimum Gasteiger partial charge on any atom is -0.345 e. The second-order valence-electron chi connectivity index (χ2n) is 8.78. The molecule has 1 saturated carbocycles. The number of amides is 1. The minimum absolute atomic E-state index is 0.00835. The fourth-order valence-corrected chi connectivity index (χ4v) is 5.94. The lowest BCUT2D eigenvalue weighted by Crippen LogP contribution is -2.55. The van der Waals surface area contributed by atoms with E-state index in [1.807, 2.05) is 43.0 Å². The number of carbonyl (C=O) groups excluding carboxylic acids is 1. The smallest absolute Gasteiger partial charge is 0.243 e. The van der Waals surface area contributed by atoms with Gasteiger partial charge < -0.3 is 5.32 Å². The highest BCUT2D eigenvalue weighted by atomic mass is 32.2. The van der Waals surface area contributed by atoms with Crippen LogP contribution in [0.1, 0.15) is 36.0 Å². The van der Waals surface area contributed by atoms with Gasteiger partial charge in [-0.1, -0.05) is 36.4 Å². The number of piperazine rings is 1. The Kier molecular flexibility index (Phi) is 6.19. The van der Waals surface area contributed by atoms with Crippen LogP contribution in [0.15, 0.2) is 53.4 Å². The average molecular weight is 442 g/mol. The van der Waals surface area contributed by atoms with Gasteiger partial charge in [0.2, 0.25) is 15.9 Å². The highest BCUT2D eigenvalue weighted by molar-refractivity contribution is 7.89. The summed E-state index contributed by atoms with van der Waals surface area (Å²) in [5, 5.41) is 3.26. The van der Waals surface area contributed by atoms with Crippen LogP contribution in [-0.2, 0) is 20.4 Å². The molecule has 166 valence electrons. The van der Waals surface area contributed by atoms with Crippen LogP contribution in [0.25, 0.3) is 0 Å². The van der Waals surface area contributed by atoms with Gasteiger partial charge in [-0.2, -0.15) is 4.31 Å². The summed E-state index contributed by atoms with van der Waals surface area (Å²) in [5.74, 6) is 0.00835. The van der Waals surface area contributed by atoms with Crippen molar-refractivity contribution in [1.29, 1.82) is 0 Å². The number of carbonyl (C=O) groups is 1. The second-order valence-corrected chi connectivity index (χ2v) is 10.7. The molecule has 1 aliphatic carbocycles. The molecule has 31 heavy (non-hydrogen) atoms. The zero-order chi connectivity index (χ0) is 22.1. The van der Waals surface area contributed by atoms with Crippen molar-refractivity contribution in [2.45, 2.75) is 43.5 Å². The van der Waals surface area contributed by atoms with Crippen LogP contribution in [0.2, 0.25) is 0 Å². The van der Waals surface area contributed by atoms with Crippen molar-refractivity contribution in [3.8, 4) is 0 Å². The molecular formula is C24H31N3O3S. The van der Waals surface area contributed by atoms with Gasteiger partial charge in [-0.05, 0) is 61.9 Å². The lowest BCUT2D eigenvalue weighted by Gasteiger charge is -2.43. The Morgan fingerprint density at radius 2 is 1.65 bits per heavy atom. The SMILES string of the molecule is Cc1ccc(S(=O)(=O)N2CCN(CC(=O)NC3(c4ccccc4)CCC3)CC2)cc1C. The first-order valence-electron chi connectivity index (χ1n) is 11.0. The largest absolute Gasteiger partial charge is 0.345 e. The van der Waals surface area contributed by atoms with E-state index in [1.54, 1.807) is 12.1 Å². The molecule has 0 atom stereocenters. The number of nitrogens with zero attached hydrogens (tertiary/aromatic N) is 2. The Labute approximate surface area is 185 Å². The molecule has 0 aromatic heterocycles. The number of nitrogens with one attached hydrogen (secondary N) is 1. The number of aryl methyl sites for hydroxylation is 2. The van der Waals surface area contributed by atoms with Crippen molar-refractivity contribution in [2.75, 3.05) is 32.7 Å². The van der Waals surface area contributed by atoms with Crippen LogP contribution in [-0.4, -0.2) is 56.3 Å². The molecule has 7 heteroatoms. The zero-order valence-electron chi connectivity index (χ0n) is 18.3. The van der Waals surface area contributed by atoms with E-state index in [-0.39, 0.29) is 11.4 Å². The van der Waals surface area contributed by atoms with Crippen molar-refractivity contribution < 1.29 is 13.2 Å². The molecule has 2 aromatic carbocycles. The normalized spacial score (nSPS) is 19.5. The summed E-state index contributed by atoms with van der Waals surface area (Å²) in [6.07, 6.45) is 3.04. The van der Waals surface area contributed by atoms with Crippen LogP contribution in [0.5, 0.6) is 0 Å². The summed E-state index contributed by atoms with van der Waals surface area (Å²) >= 11 is 0. The van der Waals surface area contributed by atoms with Crippen LogP contribution in [0.4, 0.5) is 0 Å². The molecule has 1 saturated heterocycles. The van der Waals surface area contributed by atoms with Crippen LogP contribution >= 0.6 is 0 Å². The quantitative estimate of drug-likeness (QED) is 0.748. The van der Waals surface area contributed by atoms with Gasteiger partial charge >= 0.3 is 0 Å². The van der Waals surface area contributed by atoms with Gasteiger partial charge in [0.05, 0.1) is 17.0 Å². The Morgan fingerprint density at radius 1 is 0.968 bits per heavy atom. The third-order valence-electron chi connectivity index (χ3n) is 6.73. The van der Waals surface area contributed by atoms with Crippen LogP contribution in [0.3, 0.4) is 0 Å². The average Bonchev–Trinajstić information content (AvgIpc) is 2.73. The van der Waals surface area contributed by atoms with E-state index < -0.39 is 10.0 Å². The maximum atomic E-state index is 13.0. The third-order valence-corrected chi connectivity index (χ3v) is 8.62. The van der Waals surface area contributed by atoms with Crippen LogP contribution < -0.4 is 5.32 Å². The van der Waals surface area contributed by atoms with E-state index in [0.29, 0.717) is 37.6 Å². The minimum atomic E-state index is -3.51. The maximum absolute atomic E-state index is 13.0. The topological polar surface area (TPSA) is 69.7 Å². The monoisotopic (exact) mass is 441 g/mol. The molecule has 2 aliphatic rings. The predicted molar refractivity (Wildman–Crippen MR) is 121 cm³/mol. The molecule has 1 heterocycles. The highest BCUT2D eigenvalue weighted by Crippen LogP contribution is 2.41. The van der Waals surface area contributed by atoms with E-state index >= 15 is 0 Å². The number of hydrogen-bond acceptors (Lipinski definition) is 4. The highest BCUT2D eigenvalue weighted by Gasteiger charge is 2.40. The molecule has 6 nitrogen and oxygen atoms in total.